The molecule has 2 aliphatic rings. The first-order chi connectivity index (χ1) is 11.9. The number of aliphatic hydroxyl groups excluding tert-OH is 1. The van der Waals surface area contributed by atoms with Crippen molar-refractivity contribution in [2.24, 2.45) is 5.92 Å². The molecule has 2 fully saturated rings. The molecule has 1 heterocycles. The highest BCUT2D eigenvalue weighted by atomic mass is 16.8. The molecule has 1 N–H and O–H groups in total. The Hall–Kier alpha value is -1.63. The van der Waals surface area contributed by atoms with Gasteiger partial charge in [-0.15, -0.1) is 0 Å². The van der Waals surface area contributed by atoms with Gasteiger partial charge in [0.15, 0.2) is 5.79 Å². The lowest BCUT2D eigenvalue weighted by molar-refractivity contribution is -0.166. The second kappa shape index (κ2) is 7.32. The summed E-state index contributed by atoms with van der Waals surface area (Å²) in [5, 5.41) is 10.2. The lowest BCUT2D eigenvalue weighted by Crippen LogP contribution is -2.32. The predicted octanol–water partition coefficient (Wildman–Crippen LogP) is 2.55. The first kappa shape index (κ1) is 18.2. The SMILES string of the molecule is CN(CCC1CC(O)C2OC(C)(C)OC12)C(=O)OCc1ccccc1. The van der Waals surface area contributed by atoms with Gasteiger partial charge in [-0.2, -0.15) is 0 Å². The zero-order valence-electron chi connectivity index (χ0n) is 15.1. The maximum absolute atomic E-state index is 12.1. The molecule has 0 radical (unpaired) electrons. The zero-order chi connectivity index (χ0) is 18.0. The lowest BCUT2D eigenvalue weighted by atomic mass is 10.0. The molecule has 138 valence electrons. The van der Waals surface area contributed by atoms with E-state index in [1.54, 1.807) is 11.9 Å². The Labute approximate surface area is 148 Å². The van der Waals surface area contributed by atoms with Crippen molar-refractivity contribution in [1.29, 1.82) is 0 Å². The molecule has 1 saturated heterocycles. The molecule has 25 heavy (non-hydrogen) atoms. The minimum absolute atomic E-state index is 0.112. The molecule has 0 bridgehead atoms. The second-order valence-electron chi connectivity index (χ2n) is 7.38. The van der Waals surface area contributed by atoms with Gasteiger partial charge in [-0.1, -0.05) is 30.3 Å². The minimum atomic E-state index is -0.657. The molecule has 3 rings (SSSR count). The van der Waals surface area contributed by atoms with Crippen LogP contribution in [0.15, 0.2) is 30.3 Å². The van der Waals surface area contributed by atoms with E-state index < -0.39 is 11.9 Å². The number of rotatable bonds is 5. The van der Waals surface area contributed by atoms with E-state index in [1.807, 2.05) is 44.2 Å². The van der Waals surface area contributed by atoms with Crippen molar-refractivity contribution in [3.8, 4) is 0 Å². The van der Waals surface area contributed by atoms with Gasteiger partial charge >= 0.3 is 6.09 Å². The third-order valence-electron chi connectivity index (χ3n) is 4.90. The molecule has 4 unspecified atom stereocenters. The van der Waals surface area contributed by atoms with Crippen LogP contribution in [0.4, 0.5) is 4.79 Å². The second-order valence-corrected chi connectivity index (χ2v) is 7.38. The smallest absolute Gasteiger partial charge is 0.409 e. The average Bonchev–Trinajstić information content (AvgIpc) is 3.05. The van der Waals surface area contributed by atoms with E-state index >= 15 is 0 Å². The van der Waals surface area contributed by atoms with Gasteiger partial charge in [0.25, 0.3) is 0 Å². The van der Waals surface area contributed by atoms with E-state index in [0.717, 1.165) is 12.0 Å². The van der Waals surface area contributed by atoms with E-state index in [4.69, 9.17) is 14.2 Å². The van der Waals surface area contributed by atoms with Crippen LogP contribution in [0.5, 0.6) is 0 Å². The number of carbonyl (C=O) groups excluding carboxylic acids is 1. The molecular formula is C19H27NO5. The van der Waals surface area contributed by atoms with E-state index in [2.05, 4.69) is 0 Å². The summed E-state index contributed by atoms with van der Waals surface area (Å²) >= 11 is 0. The summed E-state index contributed by atoms with van der Waals surface area (Å²) in [6, 6.07) is 9.61. The van der Waals surface area contributed by atoms with Crippen molar-refractivity contribution >= 4 is 6.09 Å². The topological polar surface area (TPSA) is 68.2 Å². The third-order valence-corrected chi connectivity index (χ3v) is 4.90. The van der Waals surface area contributed by atoms with Crippen LogP contribution >= 0.6 is 0 Å². The fourth-order valence-electron chi connectivity index (χ4n) is 3.62. The van der Waals surface area contributed by atoms with E-state index in [1.165, 1.54) is 0 Å². The van der Waals surface area contributed by atoms with Crippen LogP contribution in [0.25, 0.3) is 0 Å². The van der Waals surface area contributed by atoms with Crippen LogP contribution in [-0.4, -0.2) is 53.8 Å². The molecule has 1 aromatic rings. The molecule has 1 aliphatic carbocycles. The summed E-state index contributed by atoms with van der Waals surface area (Å²) in [4.78, 5) is 13.7. The average molecular weight is 349 g/mol. The van der Waals surface area contributed by atoms with Crippen molar-refractivity contribution in [2.75, 3.05) is 13.6 Å². The van der Waals surface area contributed by atoms with Gasteiger partial charge in [-0.25, -0.2) is 4.79 Å². The van der Waals surface area contributed by atoms with Gasteiger partial charge in [0.1, 0.15) is 12.7 Å². The fraction of sp³-hybridized carbons (Fsp3) is 0.632. The van der Waals surface area contributed by atoms with Gasteiger partial charge in [0, 0.05) is 13.6 Å². The van der Waals surface area contributed by atoms with Crippen molar-refractivity contribution in [3.05, 3.63) is 35.9 Å². The Morgan fingerprint density at radius 2 is 1.96 bits per heavy atom. The number of hydrogen-bond donors (Lipinski definition) is 1. The van der Waals surface area contributed by atoms with Gasteiger partial charge in [0.2, 0.25) is 0 Å². The number of ether oxygens (including phenoxy) is 3. The number of amides is 1. The maximum Gasteiger partial charge on any atom is 0.409 e. The summed E-state index contributed by atoms with van der Waals surface area (Å²) in [6.07, 6.45) is 0.150. The standard InChI is InChI=1S/C19H27NO5/c1-19(2)24-16-14(11-15(21)17(16)25-19)9-10-20(3)18(22)23-12-13-7-5-4-6-8-13/h4-8,14-17,21H,9-12H2,1-3H3. The molecular weight excluding hydrogens is 322 g/mol. The molecule has 1 saturated carbocycles. The highest BCUT2D eigenvalue weighted by Gasteiger charge is 2.53. The Morgan fingerprint density at radius 3 is 2.68 bits per heavy atom. The lowest BCUT2D eigenvalue weighted by Gasteiger charge is -2.24. The van der Waals surface area contributed by atoms with E-state index in [0.29, 0.717) is 13.0 Å². The van der Waals surface area contributed by atoms with Crippen LogP contribution in [0.2, 0.25) is 0 Å². The van der Waals surface area contributed by atoms with Crippen molar-refractivity contribution in [2.45, 2.75) is 57.4 Å². The van der Waals surface area contributed by atoms with Crippen LogP contribution in [-0.2, 0) is 20.8 Å². The van der Waals surface area contributed by atoms with Gasteiger partial charge < -0.3 is 24.2 Å². The van der Waals surface area contributed by atoms with Gasteiger partial charge in [-0.05, 0) is 38.2 Å². The quantitative estimate of drug-likeness (QED) is 0.885. The maximum atomic E-state index is 12.1. The summed E-state index contributed by atoms with van der Waals surface area (Å²) in [6.45, 7) is 4.55. The summed E-state index contributed by atoms with van der Waals surface area (Å²) in [5.41, 5.74) is 0.963. The zero-order valence-corrected chi connectivity index (χ0v) is 15.1. The Morgan fingerprint density at radius 1 is 1.28 bits per heavy atom. The number of benzene rings is 1. The largest absolute Gasteiger partial charge is 0.445 e. The molecule has 0 spiro atoms. The van der Waals surface area contributed by atoms with E-state index in [-0.39, 0.29) is 30.8 Å². The van der Waals surface area contributed by atoms with Crippen LogP contribution in [0.1, 0.15) is 32.3 Å². The molecule has 1 amide bonds. The molecule has 6 heteroatoms. The molecule has 1 aliphatic heterocycles. The Bertz CT molecular complexity index is 591. The van der Waals surface area contributed by atoms with Crippen LogP contribution in [0.3, 0.4) is 0 Å². The number of aliphatic hydroxyl groups is 1. The monoisotopic (exact) mass is 349 g/mol. The number of nitrogens with zero attached hydrogens (tertiary/aromatic N) is 1. The third kappa shape index (κ3) is 4.32. The van der Waals surface area contributed by atoms with Crippen LogP contribution in [0, 0.1) is 5.92 Å². The van der Waals surface area contributed by atoms with Crippen LogP contribution < -0.4 is 0 Å². The molecule has 1 aromatic carbocycles. The summed E-state index contributed by atoms with van der Waals surface area (Å²) in [7, 11) is 1.73. The van der Waals surface area contributed by atoms with Gasteiger partial charge in [-0.3, -0.25) is 0 Å². The molecule has 0 aromatic heterocycles. The van der Waals surface area contributed by atoms with Crippen molar-refractivity contribution in [3.63, 3.8) is 0 Å². The van der Waals surface area contributed by atoms with Crippen molar-refractivity contribution < 1.29 is 24.1 Å². The highest BCUT2D eigenvalue weighted by molar-refractivity contribution is 5.67. The summed E-state index contributed by atoms with van der Waals surface area (Å²) in [5.74, 6) is -0.485. The molecule has 6 nitrogen and oxygen atoms in total. The molecule has 4 atom stereocenters. The van der Waals surface area contributed by atoms with Crippen molar-refractivity contribution in [1.82, 2.24) is 4.90 Å². The minimum Gasteiger partial charge on any atom is -0.445 e. The first-order valence-electron chi connectivity index (χ1n) is 8.81. The Kier molecular flexibility index (Phi) is 5.32. The normalized spacial score (nSPS) is 30.1. The highest BCUT2D eigenvalue weighted by Crippen LogP contribution is 2.42. The number of fused-ring (bicyclic) bond motifs is 1. The van der Waals surface area contributed by atoms with Gasteiger partial charge in [0.05, 0.1) is 12.2 Å². The number of hydrogen-bond acceptors (Lipinski definition) is 5. The van der Waals surface area contributed by atoms with E-state index in [9.17, 15) is 9.90 Å². The first-order valence-corrected chi connectivity index (χ1v) is 8.81. The Balaban J connectivity index is 1.45. The fourth-order valence-corrected chi connectivity index (χ4v) is 3.62. The number of carbonyl (C=O) groups is 1. The predicted molar refractivity (Wildman–Crippen MR) is 91.8 cm³/mol. The summed E-state index contributed by atoms with van der Waals surface area (Å²) < 4.78 is 17.0.